The maximum atomic E-state index is 13.1. The molecule has 100 valence electrons. The molecule has 1 aliphatic rings. The molecule has 0 radical (unpaired) electrons. The maximum Gasteiger partial charge on any atom is 0.124 e. The summed E-state index contributed by atoms with van der Waals surface area (Å²) in [4.78, 5) is 2.13. The summed E-state index contributed by atoms with van der Waals surface area (Å²) in [6.45, 7) is 8.31. The molecule has 3 heteroatoms. The smallest absolute Gasteiger partial charge is 0.124 e. The minimum absolute atomic E-state index is 0.201. The van der Waals surface area contributed by atoms with Crippen LogP contribution < -0.4 is 4.90 Å². The summed E-state index contributed by atoms with van der Waals surface area (Å²) in [7, 11) is 0. The van der Waals surface area contributed by atoms with Crippen molar-refractivity contribution >= 4 is 5.69 Å². The Labute approximate surface area is 114 Å². The van der Waals surface area contributed by atoms with Gasteiger partial charge in [0.05, 0.1) is 11.3 Å². The van der Waals surface area contributed by atoms with Crippen LogP contribution in [0.25, 0.3) is 0 Å². The van der Waals surface area contributed by atoms with Crippen molar-refractivity contribution in [2.75, 3.05) is 18.0 Å². The highest BCUT2D eigenvalue weighted by Gasteiger charge is 2.22. The first-order valence-electron chi connectivity index (χ1n) is 6.56. The lowest BCUT2D eigenvalue weighted by Crippen LogP contribution is -2.31. The monoisotopic (exact) mass is 258 g/mol. The number of nitrogens with zero attached hydrogens (tertiary/aromatic N) is 2. The molecule has 19 heavy (non-hydrogen) atoms. The van der Waals surface area contributed by atoms with Gasteiger partial charge in [0.2, 0.25) is 0 Å². The zero-order valence-corrected chi connectivity index (χ0v) is 11.7. The summed E-state index contributed by atoms with van der Waals surface area (Å²) in [5, 5.41) is 9.10. The molecule has 0 fully saturated rings. The van der Waals surface area contributed by atoms with Crippen molar-refractivity contribution < 1.29 is 4.39 Å². The third kappa shape index (κ3) is 2.96. The van der Waals surface area contributed by atoms with Crippen molar-refractivity contribution in [2.24, 2.45) is 5.41 Å². The quantitative estimate of drug-likeness (QED) is 0.715. The van der Waals surface area contributed by atoms with Gasteiger partial charge in [0.15, 0.2) is 0 Å². The molecule has 1 aromatic carbocycles. The van der Waals surface area contributed by atoms with Crippen LogP contribution in [-0.4, -0.2) is 13.1 Å². The van der Waals surface area contributed by atoms with Crippen LogP contribution >= 0.6 is 0 Å². The first-order chi connectivity index (χ1) is 8.91. The molecule has 0 N–H and O–H groups in total. The van der Waals surface area contributed by atoms with Crippen LogP contribution in [0, 0.1) is 22.6 Å². The highest BCUT2D eigenvalue weighted by molar-refractivity contribution is 5.60. The Morgan fingerprint density at radius 1 is 1.32 bits per heavy atom. The van der Waals surface area contributed by atoms with Gasteiger partial charge in [-0.2, -0.15) is 5.26 Å². The van der Waals surface area contributed by atoms with Crippen LogP contribution in [0.5, 0.6) is 0 Å². The zero-order chi connectivity index (χ0) is 14.0. The maximum absolute atomic E-state index is 13.1. The average molecular weight is 258 g/mol. The second-order valence-corrected chi connectivity index (χ2v) is 5.95. The van der Waals surface area contributed by atoms with Crippen molar-refractivity contribution in [3.8, 4) is 6.07 Å². The number of rotatable bonds is 1. The highest BCUT2D eigenvalue weighted by atomic mass is 19.1. The van der Waals surface area contributed by atoms with E-state index in [4.69, 9.17) is 5.26 Å². The van der Waals surface area contributed by atoms with E-state index < -0.39 is 0 Å². The largest absolute Gasteiger partial charge is 0.366 e. The van der Waals surface area contributed by atoms with E-state index >= 15 is 0 Å². The SMILES string of the molecule is CC(C)(C)C1=CCN(c2ccc(F)cc2C#N)CC1. The first kappa shape index (κ1) is 13.6. The van der Waals surface area contributed by atoms with Crippen LogP contribution in [0.15, 0.2) is 29.8 Å². The second kappa shape index (κ2) is 5.05. The van der Waals surface area contributed by atoms with Gasteiger partial charge in [-0.25, -0.2) is 4.39 Å². The minimum Gasteiger partial charge on any atom is -0.366 e. The number of anilines is 1. The Morgan fingerprint density at radius 3 is 2.58 bits per heavy atom. The summed E-state index contributed by atoms with van der Waals surface area (Å²) in [6, 6.07) is 6.49. The lowest BCUT2D eigenvalue weighted by molar-refractivity contribution is 0.472. The van der Waals surface area contributed by atoms with Crippen LogP contribution in [0.4, 0.5) is 10.1 Å². The summed E-state index contributed by atoms with van der Waals surface area (Å²) in [6.07, 6.45) is 3.22. The van der Waals surface area contributed by atoms with Crippen LogP contribution in [0.3, 0.4) is 0 Å². The molecule has 2 rings (SSSR count). The van der Waals surface area contributed by atoms with Crippen LogP contribution in [0.1, 0.15) is 32.8 Å². The van der Waals surface area contributed by atoms with Crippen LogP contribution in [-0.2, 0) is 0 Å². The van der Waals surface area contributed by atoms with Gasteiger partial charge < -0.3 is 4.90 Å². The molecule has 1 aliphatic heterocycles. The molecule has 0 amide bonds. The van der Waals surface area contributed by atoms with Gasteiger partial charge in [-0.3, -0.25) is 0 Å². The molecule has 0 aromatic heterocycles. The van der Waals surface area contributed by atoms with Crippen LogP contribution in [0.2, 0.25) is 0 Å². The Kier molecular flexibility index (Phi) is 3.61. The van der Waals surface area contributed by atoms with Gasteiger partial charge in [-0.05, 0) is 30.0 Å². The van der Waals surface area contributed by atoms with E-state index in [0.717, 1.165) is 25.2 Å². The summed E-state index contributed by atoms with van der Waals surface area (Å²) in [5.41, 5.74) is 2.89. The minimum atomic E-state index is -0.358. The van der Waals surface area contributed by atoms with Crippen molar-refractivity contribution in [3.05, 3.63) is 41.2 Å². The van der Waals surface area contributed by atoms with Crippen molar-refractivity contribution in [2.45, 2.75) is 27.2 Å². The fraction of sp³-hybridized carbons (Fsp3) is 0.438. The molecule has 1 heterocycles. The fourth-order valence-corrected chi connectivity index (χ4v) is 2.44. The number of nitriles is 1. The topological polar surface area (TPSA) is 27.0 Å². The van der Waals surface area contributed by atoms with Gasteiger partial charge in [0.25, 0.3) is 0 Å². The van der Waals surface area contributed by atoms with Crippen molar-refractivity contribution in [1.82, 2.24) is 0 Å². The highest BCUT2D eigenvalue weighted by Crippen LogP contribution is 2.32. The molecule has 0 saturated carbocycles. The van der Waals surface area contributed by atoms with E-state index in [0.29, 0.717) is 5.56 Å². The molecule has 1 aromatic rings. The first-order valence-corrected chi connectivity index (χ1v) is 6.56. The van der Waals surface area contributed by atoms with Gasteiger partial charge in [-0.15, -0.1) is 0 Å². The lowest BCUT2D eigenvalue weighted by atomic mass is 9.83. The normalized spacial score (nSPS) is 15.9. The van der Waals surface area contributed by atoms with Gasteiger partial charge in [0.1, 0.15) is 11.9 Å². The molecule has 0 aliphatic carbocycles. The fourth-order valence-electron chi connectivity index (χ4n) is 2.44. The molecule has 0 saturated heterocycles. The zero-order valence-electron chi connectivity index (χ0n) is 11.7. The third-order valence-corrected chi connectivity index (χ3v) is 3.59. The van der Waals surface area contributed by atoms with E-state index in [2.05, 4.69) is 37.8 Å². The molecular formula is C16H19FN2. The predicted molar refractivity (Wildman–Crippen MR) is 75.5 cm³/mol. The summed E-state index contributed by atoms with van der Waals surface area (Å²) < 4.78 is 13.1. The Hall–Kier alpha value is -1.82. The third-order valence-electron chi connectivity index (χ3n) is 3.59. The van der Waals surface area contributed by atoms with Crippen molar-refractivity contribution in [1.29, 1.82) is 5.26 Å². The van der Waals surface area contributed by atoms with E-state index in [-0.39, 0.29) is 11.2 Å². The van der Waals surface area contributed by atoms with Gasteiger partial charge >= 0.3 is 0 Å². The second-order valence-electron chi connectivity index (χ2n) is 5.95. The standard InChI is InChI=1S/C16H19FN2/c1-16(2,3)13-6-8-19(9-7-13)15-5-4-14(17)10-12(15)11-18/h4-6,10H,7-9H2,1-3H3. The average Bonchev–Trinajstić information content (AvgIpc) is 2.37. The lowest BCUT2D eigenvalue weighted by Gasteiger charge is -2.33. The number of halogens is 1. The predicted octanol–water partition coefficient (Wildman–Crippen LogP) is 3.88. The molecular weight excluding hydrogens is 239 g/mol. The molecule has 0 spiro atoms. The molecule has 2 nitrogen and oxygen atoms in total. The van der Waals surface area contributed by atoms with E-state index in [1.807, 2.05) is 0 Å². The Bertz CT molecular complexity index is 547. The van der Waals surface area contributed by atoms with E-state index in [1.54, 1.807) is 6.07 Å². The van der Waals surface area contributed by atoms with E-state index in [9.17, 15) is 4.39 Å². The van der Waals surface area contributed by atoms with E-state index in [1.165, 1.54) is 17.7 Å². The number of hydrogen-bond donors (Lipinski definition) is 0. The molecule has 0 unspecified atom stereocenters. The van der Waals surface area contributed by atoms with Gasteiger partial charge in [0, 0.05) is 13.1 Å². The number of benzene rings is 1. The van der Waals surface area contributed by atoms with Gasteiger partial charge in [-0.1, -0.05) is 32.4 Å². The summed E-state index contributed by atoms with van der Waals surface area (Å²) >= 11 is 0. The number of hydrogen-bond acceptors (Lipinski definition) is 2. The molecule has 0 atom stereocenters. The molecule has 0 bridgehead atoms. The van der Waals surface area contributed by atoms with Crippen molar-refractivity contribution in [3.63, 3.8) is 0 Å². The Balaban J connectivity index is 2.23. The summed E-state index contributed by atoms with van der Waals surface area (Å²) in [5.74, 6) is -0.358. The Morgan fingerprint density at radius 2 is 2.05 bits per heavy atom.